The first-order valence-corrected chi connectivity index (χ1v) is 9.64. The molecule has 1 unspecified atom stereocenters. The number of carbonyl (C=O) groups excluding carboxylic acids is 2. The van der Waals surface area contributed by atoms with Gasteiger partial charge in [0.1, 0.15) is 0 Å². The number of carbonyl (C=O) groups is 2. The van der Waals surface area contributed by atoms with E-state index in [1.54, 1.807) is 6.07 Å². The number of hydrogen-bond acceptors (Lipinski definition) is 4. The van der Waals surface area contributed by atoms with Crippen molar-refractivity contribution in [1.29, 1.82) is 0 Å². The van der Waals surface area contributed by atoms with E-state index in [2.05, 4.69) is 16.0 Å². The van der Waals surface area contributed by atoms with E-state index in [4.69, 9.17) is 4.74 Å². The highest BCUT2D eigenvalue weighted by molar-refractivity contribution is 5.96. The Kier molecular flexibility index (Phi) is 6.63. The van der Waals surface area contributed by atoms with E-state index in [-0.39, 0.29) is 17.9 Å². The number of nitrogens with one attached hydrogen (secondary N) is 3. The van der Waals surface area contributed by atoms with Crippen molar-refractivity contribution in [2.24, 2.45) is 0 Å². The molecule has 1 saturated carbocycles. The molecule has 6 heteroatoms. The molecule has 1 aromatic carbocycles. The molecule has 1 aromatic rings. The Morgan fingerprint density at radius 1 is 1.23 bits per heavy atom. The van der Waals surface area contributed by atoms with Crippen LogP contribution in [0.5, 0.6) is 0 Å². The summed E-state index contributed by atoms with van der Waals surface area (Å²) in [7, 11) is 0. The zero-order chi connectivity index (χ0) is 18.4. The van der Waals surface area contributed by atoms with Crippen LogP contribution in [0.2, 0.25) is 0 Å². The van der Waals surface area contributed by atoms with Gasteiger partial charge in [0.15, 0.2) is 0 Å². The predicted octanol–water partition coefficient (Wildman–Crippen LogP) is 2.37. The number of morpholine rings is 1. The Balaban J connectivity index is 1.54. The molecule has 1 saturated heterocycles. The Labute approximate surface area is 155 Å². The molecule has 2 aliphatic rings. The molecule has 3 rings (SSSR count). The van der Waals surface area contributed by atoms with E-state index in [0.717, 1.165) is 30.6 Å². The van der Waals surface area contributed by atoms with E-state index >= 15 is 0 Å². The Hall–Kier alpha value is -1.92. The molecule has 1 heterocycles. The number of rotatable bonds is 5. The van der Waals surface area contributed by atoms with Crippen molar-refractivity contribution in [3.05, 3.63) is 29.3 Å². The number of anilines is 1. The number of benzene rings is 1. The van der Waals surface area contributed by atoms with Gasteiger partial charge in [-0.3, -0.25) is 9.59 Å². The molecule has 26 heavy (non-hydrogen) atoms. The zero-order valence-corrected chi connectivity index (χ0v) is 15.5. The van der Waals surface area contributed by atoms with E-state index in [1.807, 2.05) is 19.1 Å². The SMILES string of the molecule is Cc1cc(C(=O)NC2CCCCC2)ccc1NC(=O)CC1COCCN1. The van der Waals surface area contributed by atoms with Crippen LogP contribution in [0.15, 0.2) is 18.2 Å². The van der Waals surface area contributed by atoms with Gasteiger partial charge < -0.3 is 20.7 Å². The molecule has 6 nitrogen and oxygen atoms in total. The number of amides is 2. The third kappa shape index (κ3) is 5.29. The lowest BCUT2D eigenvalue weighted by Crippen LogP contribution is -2.43. The van der Waals surface area contributed by atoms with Crippen LogP contribution in [0.3, 0.4) is 0 Å². The van der Waals surface area contributed by atoms with Crippen molar-refractivity contribution in [2.75, 3.05) is 25.1 Å². The van der Waals surface area contributed by atoms with Crippen LogP contribution < -0.4 is 16.0 Å². The fraction of sp³-hybridized carbons (Fsp3) is 0.600. The molecule has 142 valence electrons. The minimum atomic E-state index is -0.0458. The van der Waals surface area contributed by atoms with E-state index in [1.165, 1.54) is 19.3 Å². The van der Waals surface area contributed by atoms with Gasteiger partial charge in [-0.05, 0) is 43.5 Å². The van der Waals surface area contributed by atoms with Gasteiger partial charge in [0.2, 0.25) is 5.91 Å². The highest BCUT2D eigenvalue weighted by atomic mass is 16.5. The summed E-state index contributed by atoms with van der Waals surface area (Å²) in [4.78, 5) is 24.7. The molecule has 0 bridgehead atoms. The molecule has 1 atom stereocenters. The second kappa shape index (κ2) is 9.14. The summed E-state index contributed by atoms with van der Waals surface area (Å²) in [6.07, 6.45) is 6.16. The van der Waals surface area contributed by atoms with Crippen LogP contribution in [0.25, 0.3) is 0 Å². The molecule has 1 aliphatic carbocycles. The smallest absolute Gasteiger partial charge is 0.251 e. The third-order valence-corrected chi connectivity index (χ3v) is 5.13. The van der Waals surface area contributed by atoms with Gasteiger partial charge in [-0.1, -0.05) is 19.3 Å². The molecule has 2 amide bonds. The second-order valence-electron chi connectivity index (χ2n) is 7.32. The van der Waals surface area contributed by atoms with E-state index in [0.29, 0.717) is 31.2 Å². The lowest BCUT2D eigenvalue weighted by atomic mass is 9.95. The van der Waals surface area contributed by atoms with Crippen molar-refractivity contribution in [1.82, 2.24) is 10.6 Å². The van der Waals surface area contributed by atoms with Gasteiger partial charge >= 0.3 is 0 Å². The molecule has 0 spiro atoms. The van der Waals surface area contributed by atoms with Gasteiger partial charge in [-0.15, -0.1) is 0 Å². The van der Waals surface area contributed by atoms with Crippen molar-refractivity contribution >= 4 is 17.5 Å². The van der Waals surface area contributed by atoms with E-state index in [9.17, 15) is 9.59 Å². The lowest BCUT2D eigenvalue weighted by Gasteiger charge is -2.23. The monoisotopic (exact) mass is 359 g/mol. The number of aryl methyl sites for hydroxylation is 1. The summed E-state index contributed by atoms with van der Waals surface area (Å²) in [6.45, 7) is 3.95. The maximum absolute atomic E-state index is 12.4. The highest BCUT2D eigenvalue weighted by Crippen LogP contribution is 2.20. The molecule has 2 fully saturated rings. The molecule has 0 aromatic heterocycles. The first-order chi connectivity index (χ1) is 12.6. The Morgan fingerprint density at radius 3 is 2.73 bits per heavy atom. The average Bonchev–Trinajstić information content (AvgIpc) is 2.65. The van der Waals surface area contributed by atoms with Gasteiger partial charge in [-0.2, -0.15) is 0 Å². The summed E-state index contributed by atoms with van der Waals surface area (Å²) >= 11 is 0. The Bertz CT molecular complexity index is 635. The molecular formula is C20H29N3O3. The quantitative estimate of drug-likeness (QED) is 0.754. The minimum Gasteiger partial charge on any atom is -0.378 e. The fourth-order valence-corrected chi connectivity index (χ4v) is 3.64. The zero-order valence-electron chi connectivity index (χ0n) is 15.5. The summed E-state index contributed by atoms with van der Waals surface area (Å²) in [5.74, 6) is -0.0723. The topological polar surface area (TPSA) is 79.5 Å². The summed E-state index contributed by atoms with van der Waals surface area (Å²) in [5.41, 5.74) is 2.29. The standard InChI is InChI=1S/C20H29N3O3/c1-14-11-15(20(25)22-16-5-3-2-4-6-16)7-8-18(14)23-19(24)12-17-13-26-10-9-21-17/h7-8,11,16-17,21H,2-6,9-10,12-13H2,1H3,(H,22,25)(H,23,24). The van der Waals surface area contributed by atoms with Crippen molar-refractivity contribution in [3.8, 4) is 0 Å². The lowest BCUT2D eigenvalue weighted by molar-refractivity contribution is -0.117. The van der Waals surface area contributed by atoms with Crippen molar-refractivity contribution < 1.29 is 14.3 Å². The number of hydrogen-bond donors (Lipinski definition) is 3. The van der Waals surface area contributed by atoms with Crippen LogP contribution in [-0.2, 0) is 9.53 Å². The molecule has 1 aliphatic heterocycles. The third-order valence-electron chi connectivity index (χ3n) is 5.13. The largest absolute Gasteiger partial charge is 0.378 e. The van der Waals surface area contributed by atoms with Crippen LogP contribution in [0.4, 0.5) is 5.69 Å². The van der Waals surface area contributed by atoms with Crippen molar-refractivity contribution in [2.45, 2.75) is 57.5 Å². The maximum atomic E-state index is 12.4. The Morgan fingerprint density at radius 2 is 2.04 bits per heavy atom. The van der Waals surface area contributed by atoms with Crippen LogP contribution in [0, 0.1) is 6.92 Å². The van der Waals surface area contributed by atoms with Crippen molar-refractivity contribution in [3.63, 3.8) is 0 Å². The first-order valence-electron chi connectivity index (χ1n) is 9.64. The minimum absolute atomic E-state index is 0.0265. The highest BCUT2D eigenvalue weighted by Gasteiger charge is 2.19. The summed E-state index contributed by atoms with van der Waals surface area (Å²) < 4.78 is 5.37. The normalized spacial score (nSPS) is 21.2. The van der Waals surface area contributed by atoms with Crippen LogP contribution in [-0.4, -0.2) is 43.7 Å². The average molecular weight is 359 g/mol. The number of ether oxygens (including phenoxy) is 1. The molecular weight excluding hydrogens is 330 g/mol. The van der Waals surface area contributed by atoms with Crippen LogP contribution >= 0.6 is 0 Å². The summed E-state index contributed by atoms with van der Waals surface area (Å²) in [6, 6.07) is 5.79. The van der Waals surface area contributed by atoms with Gasteiger partial charge in [0.25, 0.3) is 5.91 Å². The fourth-order valence-electron chi connectivity index (χ4n) is 3.64. The van der Waals surface area contributed by atoms with Gasteiger partial charge in [0.05, 0.1) is 13.2 Å². The second-order valence-corrected chi connectivity index (χ2v) is 7.32. The van der Waals surface area contributed by atoms with Crippen LogP contribution in [0.1, 0.15) is 54.4 Å². The summed E-state index contributed by atoms with van der Waals surface area (Å²) in [5, 5.41) is 9.34. The van der Waals surface area contributed by atoms with Gasteiger partial charge in [-0.25, -0.2) is 0 Å². The van der Waals surface area contributed by atoms with E-state index < -0.39 is 0 Å². The van der Waals surface area contributed by atoms with Gasteiger partial charge in [0, 0.05) is 36.3 Å². The molecule has 3 N–H and O–H groups in total. The first kappa shape index (κ1) is 18.9. The molecule has 0 radical (unpaired) electrons. The maximum Gasteiger partial charge on any atom is 0.251 e. The predicted molar refractivity (Wildman–Crippen MR) is 101 cm³/mol.